The lowest BCUT2D eigenvalue weighted by Gasteiger charge is -2.23. The van der Waals surface area contributed by atoms with Gasteiger partial charge in [0.05, 0.1) is 17.8 Å². The summed E-state index contributed by atoms with van der Waals surface area (Å²) in [5, 5.41) is 14.8. The smallest absolute Gasteiger partial charge is 0.274 e. The van der Waals surface area contributed by atoms with Gasteiger partial charge in [0.1, 0.15) is 0 Å². The van der Waals surface area contributed by atoms with Crippen LogP contribution in [0, 0.1) is 6.92 Å². The number of thioether (sulfide) groups is 1. The van der Waals surface area contributed by atoms with Crippen LogP contribution in [0.4, 0.5) is 0 Å². The van der Waals surface area contributed by atoms with Crippen LogP contribution in [-0.4, -0.2) is 39.7 Å². The minimum atomic E-state index is -0.165. The molecule has 27 heavy (non-hydrogen) atoms. The van der Waals surface area contributed by atoms with E-state index in [1.54, 1.807) is 0 Å². The summed E-state index contributed by atoms with van der Waals surface area (Å²) in [5.41, 5.74) is 2.35. The highest BCUT2D eigenvalue weighted by Crippen LogP contribution is 2.22. The van der Waals surface area contributed by atoms with Gasteiger partial charge in [0.2, 0.25) is 0 Å². The Hall–Kier alpha value is -1.57. The van der Waals surface area contributed by atoms with Crippen LogP contribution in [0.25, 0.3) is 0 Å². The molecule has 1 fully saturated rings. The van der Waals surface area contributed by atoms with Gasteiger partial charge in [0.15, 0.2) is 5.69 Å². The molecule has 1 aromatic carbocycles. The van der Waals surface area contributed by atoms with E-state index in [9.17, 15) is 4.79 Å². The number of nitrogens with zero attached hydrogens (tertiary/aromatic N) is 3. The number of piperidine rings is 1. The summed E-state index contributed by atoms with van der Waals surface area (Å²) >= 11 is 1.81. The Morgan fingerprint density at radius 1 is 1.33 bits per heavy atom. The summed E-state index contributed by atoms with van der Waals surface area (Å²) in [4.78, 5) is 13.9. The van der Waals surface area contributed by atoms with Crippen molar-refractivity contribution in [1.82, 2.24) is 25.6 Å². The van der Waals surface area contributed by atoms with Gasteiger partial charge >= 0.3 is 0 Å². The first-order chi connectivity index (χ1) is 12.6. The van der Waals surface area contributed by atoms with Gasteiger partial charge in [-0.1, -0.05) is 24.3 Å². The van der Waals surface area contributed by atoms with Crippen molar-refractivity contribution in [1.29, 1.82) is 0 Å². The molecule has 1 unspecified atom stereocenters. The quantitative estimate of drug-likeness (QED) is 0.714. The lowest BCUT2D eigenvalue weighted by Crippen LogP contribution is -2.31. The molecule has 8 heteroatoms. The van der Waals surface area contributed by atoms with Crippen molar-refractivity contribution in [3.8, 4) is 0 Å². The van der Waals surface area contributed by atoms with Gasteiger partial charge in [-0.2, -0.15) is 0 Å². The summed E-state index contributed by atoms with van der Waals surface area (Å²) in [5.74, 6) is 0.889. The zero-order chi connectivity index (χ0) is 18.5. The SMILES string of the molecule is CCSc1ccc(C(C)NC(=O)c2nnn(C3CCNCC3)c2C)cc1.Cl. The molecule has 0 aliphatic carbocycles. The zero-order valence-corrected chi connectivity index (χ0v) is 17.7. The number of hydrogen-bond donors (Lipinski definition) is 2. The standard InChI is InChI=1S/C19H27N5OS.ClH/c1-4-26-17-7-5-15(6-8-17)13(2)21-19(25)18-14(3)24(23-22-18)16-9-11-20-12-10-16;/h5-8,13,16,20H,4,9-12H2,1-3H3,(H,21,25);1H. The maximum Gasteiger partial charge on any atom is 0.274 e. The highest BCUT2D eigenvalue weighted by molar-refractivity contribution is 7.99. The monoisotopic (exact) mass is 409 g/mol. The van der Waals surface area contributed by atoms with E-state index in [1.807, 2.05) is 30.3 Å². The topological polar surface area (TPSA) is 71.8 Å². The Labute approximate surface area is 171 Å². The van der Waals surface area contributed by atoms with Crippen molar-refractivity contribution >= 4 is 30.1 Å². The summed E-state index contributed by atoms with van der Waals surface area (Å²) < 4.78 is 1.91. The lowest BCUT2D eigenvalue weighted by atomic mass is 10.1. The molecule has 148 valence electrons. The van der Waals surface area contributed by atoms with E-state index in [1.165, 1.54) is 4.90 Å². The van der Waals surface area contributed by atoms with Crippen molar-refractivity contribution in [2.24, 2.45) is 0 Å². The van der Waals surface area contributed by atoms with Crippen LogP contribution in [0.15, 0.2) is 29.2 Å². The van der Waals surface area contributed by atoms with Crippen molar-refractivity contribution < 1.29 is 4.79 Å². The summed E-state index contributed by atoms with van der Waals surface area (Å²) in [6, 6.07) is 8.59. The number of hydrogen-bond acceptors (Lipinski definition) is 5. The number of halogens is 1. The minimum Gasteiger partial charge on any atom is -0.344 e. The van der Waals surface area contributed by atoms with E-state index >= 15 is 0 Å². The fourth-order valence-corrected chi connectivity index (χ4v) is 3.98. The molecular formula is C19H28ClN5OS. The predicted molar refractivity (Wildman–Crippen MR) is 112 cm³/mol. The molecule has 1 saturated heterocycles. The summed E-state index contributed by atoms with van der Waals surface area (Å²) in [6.07, 6.45) is 2.04. The molecule has 1 aliphatic rings. The van der Waals surface area contributed by atoms with Crippen LogP contribution >= 0.6 is 24.2 Å². The number of nitrogens with one attached hydrogen (secondary N) is 2. The van der Waals surface area contributed by atoms with E-state index in [0.717, 1.165) is 42.9 Å². The van der Waals surface area contributed by atoms with Gasteiger partial charge in [-0.3, -0.25) is 4.79 Å². The molecule has 1 aromatic heterocycles. The third-order valence-electron chi connectivity index (χ3n) is 4.84. The Morgan fingerprint density at radius 3 is 2.63 bits per heavy atom. The molecule has 1 amide bonds. The molecule has 1 aliphatic heterocycles. The van der Waals surface area contributed by atoms with E-state index < -0.39 is 0 Å². The predicted octanol–water partition coefficient (Wildman–Crippen LogP) is 3.54. The normalized spacial score (nSPS) is 15.8. The average Bonchev–Trinajstić information content (AvgIpc) is 3.05. The second-order valence-corrected chi connectivity index (χ2v) is 7.98. The average molecular weight is 410 g/mol. The first-order valence-electron chi connectivity index (χ1n) is 9.26. The third-order valence-corrected chi connectivity index (χ3v) is 5.73. The molecule has 0 bridgehead atoms. The molecule has 1 atom stereocenters. The maximum absolute atomic E-state index is 12.7. The summed E-state index contributed by atoms with van der Waals surface area (Å²) in [7, 11) is 0. The maximum atomic E-state index is 12.7. The van der Waals surface area contributed by atoms with E-state index in [4.69, 9.17) is 0 Å². The fourth-order valence-electron chi connectivity index (χ4n) is 3.32. The number of carbonyl (C=O) groups is 1. The largest absolute Gasteiger partial charge is 0.344 e. The molecule has 0 radical (unpaired) electrons. The van der Waals surface area contributed by atoms with Gasteiger partial charge in [0.25, 0.3) is 5.91 Å². The second-order valence-electron chi connectivity index (χ2n) is 6.65. The van der Waals surface area contributed by atoms with Gasteiger partial charge in [-0.25, -0.2) is 4.68 Å². The highest BCUT2D eigenvalue weighted by atomic mass is 35.5. The van der Waals surface area contributed by atoms with Crippen molar-refractivity contribution in [2.75, 3.05) is 18.8 Å². The van der Waals surface area contributed by atoms with Crippen molar-refractivity contribution in [2.45, 2.75) is 50.6 Å². The first kappa shape index (κ1) is 21.7. The summed E-state index contributed by atoms with van der Waals surface area (Å²) in [6.45, 7) is 8.02. The van der Waals surface area contributed by atoms with Crippen LogP contribution in [0.5, 0.6) is 0 Å². The van der Waals surface area contributed by atoms with Crippen molar-refractivity contribution in [3.05, 3.63) is 41.2 Å². The molecule has 3 rings (SSSR count). The van der Waals surface area contributed by atoms with Gasteiger partial charge in [-0.05, 0) is 63.2 Å². The molecule has 2 N–H and O–H groups in total. The van der Waals surface area contributed by atoms with Gasteiger partial charge in [-0.15, -0.1) is 29.3 Å². The molecule has 2 heterocycles. The first-order valence-corrected chi connectivity index (χ1v) is 10.2. The van der Waals surface area contributed by atoms with Crippen LogP contribution in [0.2, 0.25) is 0 Å². The Bertz CT molecular complexity index is 743. The van der Waals surface area contributed by atoms with Crippen LogP contribution in [-0.2, 0) is 0 Å². The van der Waals surface area contributed by atoms with E-state index in [0.29, 0.717) is 11.7 Å². The Kier molecular flexibility index (Phi) is 8.13. The van der Waals surface area contributed by atoms with Crippen LogP contribution < -0.4 is 10.6 Å². The zero-order valence-electron chi connectivity index (χ0n) is 16.1. The van der Waals surface area contributed by atoms with E-state index in [2.05, 4.69) is 52.1 Å². The number of rotatable bonds is 6. The lowest BCUT2D eigenvalue weighted by molar-refractivity contribution is 0.0934. The molecule has 0 saturated carbocycles. The molecule has 2 aromatic rings. The molecular weight excluding hydrogens is 382 g/mol. The fraction of sp³-hybridized carbons (Fsp3) is 0.526. The Balaban J connectivity index is 0.00000261. The number of carbonyl (C=O) groups excluding carboxylic acids is 1. The van der Waals surface area contributed by atoms with E-state index in [-0.39, 0.29) is 24.4 Å². The number of amides is 1. The van der Waals surface area contributed by atoms with Crippen LogP contribution in [0.3, 0.4) is 0 Å². The second kappa shape index (κ2) is 10.1. The van der Waals surface area contributed by atoms with Gasteiger partial charge < -0.3 is 10.6 Å². The number of aromatic nitrogens is 3. The molecule has 6 nitrogen and oxygen atoms in total. The van der Waals surface area contributed by atoms with Crippen LogP contribution in [0.1, 0.15) is 60.5 Å². The minimum absolute atomic E-state index is 0. The Morgan fingerprint density at radius 2 is 2.00 bits per heavy atom. The van der Waals surface area contributed by atoms with Crippen molar-refractivity contribution in [3.63, 3.8) is 0 Å². The number of benzene rings is 1. The third kappa shape index (κ3) is 5.24. The molecule has 0 spiro atoms. The van der Waals surface area contributed by atoms with Gasteiger partial charge in [0, 0.05) is 4.90 Å². The highest BCUT2D eigenvalue weighted by Gasteiger charge is 2.23.